The maximum absolute atomic E-state index is 10.3. The number of aromatic hydroxyl groups is 1. The molecule has 0 fully saturated rings. The van der Waals surface area contributed by atoms with Gasteiger partial charge in [0.1, 0.15) is 17.2 Å². The lowest BCUT2D eigenvalue weighted by molar-refractivity contribution is 0.0388. The van der Waals surface area contributed by atoms with Crippen molar-refractivity contribution in [2.45, 2.75) is 32.9 Å². The topological polar surface area (TPSA) is 84.9 Å². The zero-order valence-corrected chi connectivity index (χ0v) is 13.3. The molecule has 0 amide bonds. The molecular weight excluding hydrogens is 282 g/mol. The Labute approximate surface area is 126 Å². The van der Waals surface area contributed by atoms with Gasteiger partial charge in [-0.25, -0.2) is 0 Å². The fourth-order valence-electron chi connectivity index (χ4n) is 1.91. The van der Waals surface area contributed by atoms with Crippen molar-refractivity contribution in [3.05, 3.63) is 17.7 Å². The molecule has 116 valence electrons. The van der Waals surface area contributed by atoms with Crippen LogP contribution in [0.1, 0.15) is 32.4 Å². The molecule has 0 aliphatic carbocycles. The van der Waals surface area contributed by atoms with Gasteiger partial charge in [-0.3, -0.25) is 0 Å². The van der Waals surface area contributed by atoms with E-state index in [2.05, 4.69) is 0 Å². The number of ether oxygens (including phenoxy) is 2. The summed E-state index contributed by atoms with van der Waals surface area (Å²) >= 11 is 0. The third-order valence-electron chi connectivity index (χ3n) is 3.11. The number of hydrogen-bond donors (Lipinski definition) is 3. The summed E-state index contributed by atoms with van der Waals surface area (Å²) in [5, 5.41) is 20.3. The molecule has 1 aromatic rings. The first-order valence-corrected chi connectivity index (χ1v) is 6.11. The largest absolute Gasteiger partial charge is 0.507 e. The molecule has 1 aromatic carbocycles. The zero-order chi connectivity index (χ0) is 14.8. The number of aliphatic hydroxyl groups is 1. The number of hydrogen-bond acceptors (Lipinski definition) is 5. The average Bonchev–Trinajstić information content (AvgIpc) is 2.34. The lowest BCUT2D eigenvalue weighted by atomic mass is 9.82. The Hall–Kier alpha value is -1.17. The third-order valence-corrected chi connectivity index (χ3v) is 3.11. The number of phenols is 1. The van der Waals surface area contributed by atoms with E-state index in [1.807, 2.05) is 20.8 Å². The number of aliphatic hydroxyl groups excluding tert-OH is 1. The third kappa shape index (κ3) is 3.91. The highest BCUT2D eigenvalue weighted by Crippen LogP contribution is 2.40. The van der Waals surface area contributed by atoms with Crippen LogP contribution in [0.4, 0.5) is 0 Å². The van der Waals surface area contributed by atoms with Crippen molar-refractivity contribution in [1.29, 1.82) is 0 Å². The van der Waals surface area contributed by atoms with Crippen LogP contribution in [0.5, 0.6) is 17.2 Å². The van der Waals surface area contributed by atoms with E-state index in [0.717, 1.165) is 0 Å². The second-order valence-corrected chi connectivity index (χ2v) is 5.60. The molecule has 20 heavy (non-hydrogen) atoms. The molecule has 5 nitrogen and oxygen atoms in total. The highest BCUT2D eigenvalue weighted by molar-refractivity contribution is 5.85. The smallest absolute Gasteiger partial charge is 0.131 e. The highest BCUT2D eigenvalue weighted by Gasteiger charge is 2.32. The van der Waals surface area contributed by atoms with Gasteiger partial charge in [-0.1, -0.05) is 20.8 Å². The van der Waals surface area contributed by atoms with Crippen molar-refractivity contribution in [3.8, 4) is 17.2 Å². The maximum atomic E-state index is 10.3. The van der Waals surface area contributed by atoms with Crippen molar-refractivity contribution < 1.29 is 19.7 Å². The van der Waals surface area contributed by atoms with E-state index in [1.54, 1.807) is 6.07 Å². The van der Waals surface area contributed by atoms with Gasteiger partial charge in [0, 0.05) is 12.1 Å². The van der Waals surface area contributed by atoms with E-state index in [4.69, 9.17) is 15.2 Å². The van der Waals surface area contributed by atoms with E-state index >= 15 is 0 Å². The molecule has 0 aromatic heterocycles. The fourth-order valence-corrected chi connectivity index (χ4v) is 1.91. The lowest BCUT2D eigenvalue weighted by Crippen LogP contribution is -2.37. The number of nitrogens with two attached hydrogens (primary N) is 1. The molecule has 2 atom stereocenters. The average molecular weight is 306 g/mol. The Morgan fingerprint density at radius 1 is 1.15 bits per heavy atom. The molecular formula is C14H24ClNO4. The predicted octanol–water partition coefficient (Wildman–Crippen LogP) is 2.24. The van der Waals surface area contributed by atoms with E-state index in [-0.39, 0.29) is 18.2 Å². The molecule has 0 saturated carbocycles. The maximum Gasteiger partial charge on any atom is 0.131 e. The molecule has 0 aliphatic heterocycles. The van der Waals surface area contributed by atoms with E-state index in [1.165, 1.54) is 20.3 Å². The molecule has 0 radical (unpaired) electrons. The summed E-state index contributed by atoms with van der Waals surface area (Å²) in [6, 6.07) is 2.33. The summed E-state index contributed by atoms with van der Waals surface area (Å²) in [4.78, 5) is 0. The summed E-state index contributed by atoms with van der Waals surface area (Å²) in [5.74, 6) is 0.815. The Morgan fingerprint density at radius 3 is 2.10 bits per heavy atom. The van der Waals surface area contributed by atoms with Crippen LogP contribution < -0.4 is 15.2 Å². The van der Waals surface area contributed by atoms with Crippen molar-refractivity contribution in [2.24, 2.45) is 11.1 Å². The van der Waals surface area contributed by atoms with Crippen LogP contribution in [0.25, 0.3) is 0 Å². The highest BCUT2D eigenvalue weighted by atomic mass is 35.5. The van der Waals surface area contributed by atoms with Gasteiger partial charge in [-0.05, 0) is 5.41 Å². The lowest BCUT2D eigenvalue weighted by Gasteiger charge is -2.32. The van der Waals surface area contributed by atoms with Crippen LogP contribution in [0.3, 0.4) is 0 Å². The van der Waals surface area contributed by atoms with E-state index < -0.39 is 17.6 Å². The van der Waals surface area contributed by atoms with Crippen LogP contribution in [-0.4, -0.2) is 30.5 Å². The van der Waals surface area contributed by atoms with Crippen LogP contribution in [0.15, 0.2) is 12.1 Å². The van der Waals surface area contributed by atoms with Crippen molar-refractivity contribution >= 4 is 12.4 Å². The quantitative estimate of drug-likeness (QED) is 0.794. The van der Waals surface area contributed by atoms with E-state index in [9.17, 15) is 10.2 Å². The molecule has 0 spiro atoms. The fraction of sp³-hybridized carbons (Fsp3) is 0.571. The minimum atomic E-state index is -0.819. The molecule has 4 N–H and O–H groups in total. The van der Waals surface area contributed by atoms with Crippen LogP contribution >= 0.6 is 12.4 Å². The van der Waals surface area contributed by atoms with Crippen LogP contribution in [-0.2, 0) is 0 Å². The first kappa shape index (κ1) is 18.8. The molecule has 0 aliphatic rings. The second kappa shape index (κ2) is 7.02. The Kier molecular flexibility index (Phi) is 6.61. The van der Waals surface area contributed by atoms with Crippen molar-refractivity contribution in [3.63, 3.8) is 0 Å². The Bertz CT molecular complexity index is 446. The summed E-state index contributed by atoms with van der Waals surface area (Å²) in [6.45, 7) is 5.64. The normalized spacial score (nSPS) is 14.2. The van der Waals surface area contributed by atoms with Gasteiger partial charge in [-0.2, -0.15) is 0 Å². The summed E-state index contributed by atoms with van der Waals surface area (Å²) in [6.07, 6.45) is -0.819. The molecule has 1 rings (SSSR count). The number of benzene rings is 1. The van der Waals surface area contributed by atoms with Gasteiger partial charge in [0.05, 0.1) is 31.9 Å². The minimum Gasteiger partial charge on any atom is -0.507 e. The summed E-state index contributed by atoms with van der Waals surface area (Å²) in [7, 11) is 2.98. The SMILES string of the molecule is COc1cc(O)c([C@H](N)[C@H](O)C(C)(C)C)c(OC)c1.Cl. The molecule has 6 heteroatoms. The van der Waals surface area contributed by atoms with Crippen LogP contribution in [0.2, 0.25) is 0 Å². The van der Waals surface area contributed by atoms with Gasteiger partial charge >= 0.3 is 0 Å². The second-order valence-electron chi connectivity index (χ2n) is 5.60. The zero-order valence-electron chi connectivity index (χ0n) is 12.5. The van der Waals surface area contributed by atoms with Gasteiger partial charge in [0.2, 0.25) is 0 Å². The van der Waals surface area contributed by atoms with Gasteiger partial charge in [0.25, 0.3) is 0 Å². The monoisotopic (exact) mass is 305 g/mol. The first-order chi connectivity index (χ1) is 8.72. The molecule has 0 saturated heterocycles. The van der Waals surface area contributed by atoms with Gasteiger partial charge in [-0.15, -0.1) is 12.4 Å². The summed E-state index contributed by atoms with van der Waals surface area (Å²) in [5.41, 5.74) is 6.04. The summed E-state index contributed by atoms with van der Waals surface area (Å²) < 4.78 is 10.3. The predicted molar refractivity (Wildman–Crippen MR) is 80.8 cm³/mol. The molecule has 0 heterocycles. The molecule has 0 unspecified atom stereocenters. The standard InChI is InChI=1S/C14H23NO4.ClH/c1-14(2,3)13(17)12(15)11-9(16)6-8(18-4)7-10(11)19-5;/h6-7,12-13,16-17H,15H2,1-5H3;1H/t12-,13-;/m0./s1. The van der Waals surface area contributed by atoms with Gasteiger partial charge < -0.3 is 25.4 Å². The molecule has 0 bridgehead atoms. The Morgan fingerprint density at radius 2 is 1.70 bits per heavy atom. The van der Waals surface area contributed by atoms with Gasteiger partial charge in [0.15, 0.2) is 0 Å². The number of rotatable bonds is 4. The number of methoxy groups -OCH3 is 2. The number of phenolic OH excluding ortho intramolecular Hbond substituents is 1. The van der Waals surface area contributed by atoms with Crippen LogP contribution in [0, 0.1) is 5.41 Å². The van der Waals surface area contributed by atoms with Crippen molar-refractivity contribution in [2.75, 3.05) is 14.2 Å². The minimum absolute atomic E-state index is 0. The number of halogens is 1. The Balaban J connectivity index is 0.00000361. The van der Waals surface area contributed by atoms with E-state index in [0.29, 0.717) is 17.1 Å². The van der Waals surface area contributed by atoms with Crippen molar-refractivity contribution in [1.82, 2.24) is 0 Å². The first-order valence-electron chi connectivity index (χ1n) is 6.11.